The molecule has 9 nitrogen and oxygen atoms in total. The van der Waals surface area contributed by atoms with Crippen molar-refractivity contribution in [2.45, 2.75) is 30.8 Å². The van der Waals surface area contributed by atoms with Crippen molar-refractivity contribution >= 4 is 11.8 Å². The van der Waals surface area contributed by atoms with Crippen molar-refractivity contribution in [2.24, 2.45) is 0 Å². The van der Waals surface area contributed by atoms with E-state index in [0.29, 0.717) is 13.1 Å². The third-order valence-corrected chi connectivity index (χ3v) is 3.94. The molecule has 0 radical (unpaired) electrons. The van der Waals surface area contributed by atoms with Gasteiger partial charge in [0.2, 0.25) is 5.91 Å². The SMILES string of the molecule is CN(C)CCNC(=O)CC1OC(CNC(=O)c2ccco2)C(O)C1O. The van der Waals surface area contributed by atoms with Crippen molar-refractivity contribution in [3.63, 3.8) is 0 Å². The summed E-state index contributed by atoms with van der Waals surface area (Å²) in [5.41, 5.74) is 0. The Hall–Kier alpha value is -1.94. The molecular formula is C16H25N3O6. The van der Waals surface area contributed by atoms with Crippen LogP contribution in [0.1, 0.15) is 17.0 Å². The first-order valence-electron chi connectivity index (χ1n) is 8.13. The first-order chi connectivity index (χ1) is 11.9. The lowest BCUT2D eigenvalue weighted by molar-refractivity contribution is -0.125. The van der Waals surface area contributed by atoms with Crippen molar-refractivity contribution in [3.8, 4) is 0 Å². The molecule has 1 fully saturated rings. The van der Waals surface area contributed by atoms with Gasteiger partial charge in [0, 0.05) is 19.6 Å². The topological polar surface area (TPSA) is 124 Å². The number of rotatable bonds is 8. The number of likely N-dealkylation sites (N-methyl/N-ethyl adjacent to an activating group) is 1. The number of hydrogen-bond acceptors (Lipinski definition) is 7. The van der Waals surface area contributed by atoms with E-state index < -0.39 is 30.3 Å². The molecule has 0 spiro atoms. The number of furan rings is 1. The van der Waals surface area contributed by atoms with E-state index in [2.05, 4.69) is 10.6 Å². The molecule has 0 aromatic carbocycles. The van der Waals surface area contributed by atoms with Crippen LogP contribution in [0.2, 0.25) is 0 Å². The van der Waals surface area contributed by atoms with Gasteiger partial charge in [0.1, 0.15) is 18.3 Å². The van der Waals surface area contributed by atoms with Crippen LogP contribution in [0.4, 0.5) is 0 Å². The van der Waals surface area contributed by atoms with Gasteiger partial charge in [-0.05, 0) is 26.2 Å². The molecule has 4 atom stereocenters. The van der Waals surface area contributed by atoms with Gasteiger partial charge in [-0.15, -0.1) is 0 Å². The third-order valence-electron chi connectivity index (χ3n) is 3.94. The summed E-state index contributed by atoms with van der Waals surface area (Å²) in [7, 11) is 3.79. The Morgan fingerprint density at radius 1 is 1.20 bits per heavy atom. The van der Waals surface area contributed by atoms with Crippen molar-refractivity contribution in [3.05, 3.63) is 24.2 Å². The van der Waals surface area contributed by atoms with Crippen LogP contribution in [0, 0.1) is 0 Å². The first kappa shape index (κ1) is 19.4. The summed E-state index contributed by atoms with van der Waals surface area (Å²) in [6, 6.07) is 3.10. The van der Waals surface area contributed by atoms with Crippen molar-refractivity contribution in [1.29, 1.82) is 0 Å². The zero-order valence-electron chi connectivity index (χ0n) is 14.3. The van der Waals surface area contributed by atoms with Gasteiger partial charge in [-0.3, -0.25) is 9.59 Å². The molecule has 1 aromatic rings. The Labute approximate surface area is 145 Å². The number of nitrogens with one attached hydrogen (secondary N) is 2. The van der Waals surface area contributed by atoms with Gasteiger partial charge in [-0.1, -0.05) is 0 Å². The number of carbonyl (C=O) groups is 2. The maximum absolute atomic E-state index is 11.9. The van der Waals surface area contributed by atoms with Gasteiger partial charge in [-0.2, -0.15) is 0 Å². The number of amides is 2. The van der Waals surface area contributed by atoms with E-state index in [9.17, 15) is 19.8 Å². The molecule has 4 unspecified atom stereocenters. The van der Waals surface area contributed by atoms with E-state index in [0.717, 1.165) is 0 Å². The van der Waals surface area contributed by atoms with Gasteiger partial charge < -0.3 is 34.9 Å². The highest BCUT2D eigenvalue weighted by Gasteiger charge is 2.43. The van der Waals surface area contributed by atoms with E-state index in [-0.39, 0.29) is 24.6 Å². The quantitative estimate of drug-likeness (QED) is 0.450. The molecule has 1 aliphatic rings. The number of nitrogens with zero attached hydrogens (tertiary/aromatic N) is 1. The monoisotopic (exact) mass is 355 g/mol. The summed E-state index contributed by atoms with van der Waals surface area (Å²) in [6.07, 6.45) is -2.67. The normalized spacial score (nSPS) is 26.0. The molecule has 2 rings (SSSR count). The molecule has 2 heterocycles. The Bertz CT molecular complexity index is 562. The molecule has 0 aliphatic carbocycles. The number of aliphatic hydroxyl groups is 2. The smallest absolute Gasteiger partial charge is 0.287 e. The molecule has 9 heteroatoms. The lowest BCUT2D eigenvalue weighted by Crippen LogP contribution is -2.40. The Morgan fingerprint density at radius 2 is 1.92 bits per heavy atom. The maximum Gasteiger partial charge on any atom is 0.287 e. The van der Waals surface area contributed by atoms with Crippen LogP contribution in [0.3, 0.4) is 0 Å². The van der Waals surface area contributed by atoms with E-state index in [1.165, 1.54) is 12.3 Å². The van der Waals surface area contributed by atoms with Crippen LogP contribution in [0.25, 0.3) is 0 Å². The molecular weight excluding hydrogens is 330 g/mol. The largest absolute Gasteiger partial charge is 0.459 e. The zero-order chi connectivity index (χ0) is 18.4. The van der Waals surface area contributed by atoms with Crippen LogP contribution in [-0.2, 0) is 9.53 Å². The van der Waals surface area contributed by atoms with Gasteiger partial charge in [0.25, 0.3) is 5.91 Å². The Kier molecular flexibility index (Phi) is 6.94. The fraction of sp³-hybridized carbons (Fsp3) is 0.625. The van der Waals surface area contributed by atoms with E-state index in [1.54, 1.807) is 6.07 Å². The van der Waals surface area contributed by atoms with Gasteiger partial charge in [0.15, 0.2) is 5.76 Å². The highest BCUT2D eigenvalue weighted by atomic mass is 16.5. The highest BCUT2D eigenvalue weighted by Crippen LogP contribution is 2.23. The second kappa shape index (κ2) is 8.95. The number of aliphatic hydroxyl groups excluding tert-OH is 2. The summed E-state index contributed by atoms with van der Waals surface area (Å²) in [5, 5.41) is 25.4. The fourth-order valence-electron chi connectivity index (χ4n) is 2.53. The number of hydrogen-bond donors (Lipinski definition) is 4. The fourth-order valence-corrected chi connectivity index (χ4v) is 2.53. The second-order valence-corrected chi connectivity index (χ2v) is 6.24. The molecule has 0 saturated carbocycles. The minimum absolute atomic E-state index is 0.00346. The lowest BCUT2D eigenvalue weighted by atomic mass is 10.1. The van der Waals surface area contributed by atoms with Crippen LogP contribution in [0.15, 0.2) is 22.8 Å². The predicted molar refractivity (Wildman–Crippen MR) is 87.9 cm³/mol. The maximum atomic E-state index is 11.9. The molecule has 0 bridgehead atoms. The first-order valence-corrected chi connectivity index (χ1v) is 8.13. The summed E-state index contributed by atoms with van der Waals surface area (Å²) in [4.78, 5) is 25.6. The van der Waals surface area contributed by atoms with Crippen molar-refractivity contribution < 1.29 is 29.0 Å². The minimum atomic E-state index is -1.19. The molecule has 1 aromatic heterocycles. The molecule has 25 heavy (non-hydrogen) atoms. The van der Waals surface area contributed by atoms with Gasteiger partial charge >= 0.3 is 0 Å². The third kappa shape index (κ3) is 5.53. The molecule has 140 valence electrons. The van der Waals surface area contributed by atoms with Gasteiger partial charge in [0.05, 0.1) is 18.8 Å². The van der Waals surface area contributed by atoms with Crippen LogP contribution in [0.5, 0.6) is 0 Å². The average Bonchev–Trinajstić information content (AvgIpc) is 3.17. The molecule has 1 aliphatic heterocycles. The van der Waals surface area contributed by atoms with E-state index in [1.807, 2.05) is 19.0 Å². The van der Waals surface area contributed by atoms with Crippen molar-refractivity contribution in [1.82, 2.24) is 15.5 Å². The summed E-state index contributed by atoms with van der Waals surface area (Å²) < 4.78 is 10.5. The van der Waals surface area contributed by atoms with Crippen LogP contribution < -0.4 is 10.6 Å². The number of carbonyl (C=O) groups excluding carboxylic acids is 2. The molecule has 1 saturated heterocycles. The van der Waals surface area contributed by atoms with E-state index in [4.69, 9.17) is 9.15 Å². The summed E-state index contributed by atoms with van der Waals surface area (Å²) in [5.74, 6) is -0.566. The summed E-state index contributed by atoms with van der Waals surface area (Å²) in [6.45, 7) is 1.18. The molecule has 2 amide bonds. The standard InChI is InChI=1S/C16H25N3O6/c1-19(2)6-5-17-13(20)8-11-14(21)15(22)12(25-11)9-18-16(23)10-4-3-7-24-10/h3-4,7,11-12,14-15,21-22H,5-6,8-9H2,1-2H3,(H,17,20)(H,18,23). The lowest BCUT2D eigenvalue weighted by Gasteiger charge is -2.15. The predicted octanol–water partition coefficient (Wildman–Crippen LogP) is -1.43. The van der Waals surface area contributed by atoms with Crippen LogP contribution in [-0.4, -0.2) is 85.1 Å². The molecule has 4 N–H and O–H groups in total. The minimum Gasteiger partial charge on any atom is -0.459 e. The average molecular weight is 355 g/mol. The zero-order valence-corrected chi connectivity index (χ0v) is 14.3. The highest BCUT2D eigenvalue weighted by molar-refractivity contribution is 5.91. The second-order valence-electron chi connectivity index (χ2n) is 6.24. The Balaban J connectivity index is 1.77. The van der Waals surface area contributed by atoms with Crippen LogP contribution >= 0.6 is 0 Å². The van der Waals surface area contributed by atoms with Crippen molar-refractivity contribution in [2.75, 3.05) is 33.7 Å². The van der Waals surface area contributed by atoms with E-state index >= 15 is 0 Å². The Morgan fingerprint density at radius 3 is 2.56 bits per heavy atom. The summed E-state index contributed by atoms with van der Waals surface area (Å²) >= 11 is 0. The van der Waals surface area contributed by atoms with Gasteiger partial charge in [-0.25, -0.2) is 0 Å². The number of ether oxygens (including phenoxy) is 1.